The maximum Gasteiger partial charge on any atom is 0.251 e. The van der Waals surface area contributed by atoms with E-state index in [1.807, 2.05) is 31.3 Å². The molecule has 0 spiro atoms. The molecule has 3 N–H and O–H groups in total. The van der Waals surface area contributed by atoms with Crippen LogP contribution in [0.4, 0.5) is 15.8 Å². The number of fused-ring (bicyclic) bond motifs is 1. The number of hydrogen-bond acceptors (Lipinski definition) is 3. The molecule has 2 aromatic rings. The zero-order valence-corrected chi connectivity index (χ0v) is 13.3. The SMILES string of the molecule is CN1CCC(C(=O)Nc2ccc(F)c(C(N)=O)c2)c2ccccc21. The summed E-state index contributed by atoms with van der Waals surface area (Å²) in [6.07, 6.45) is 0.684. The fraction of sp³-hybridized carbons (Fsp3) is 0.222. The number of nitrogens with zero attached hydrogens (tertiary/aromatic N) is 1. The van der Waals surface area contributed by atoms with Crippen molar-refractivity contribution in [1.29, 1.82) is 0 Å². The molecular formula is C18H18FN3O2. The van der Waals surface area contributed by atoms with E-state index in [0.29, 0.717) is 12.1 Å². The number of rotatable bonds is 3. The Bertz CT molecular complexity index is 807. The Kier molecular flexibility index (Phi) is 4.20. The second-order valence-electron chi connectivity index (χ2n) is 5.87. The van der Waals surface area contributed by atoms with Crippen LogP contribution in [0.5, 0.6) is 0 Å². The van der Waals surface area contributed by atoms with Crippen LogP contribution in [0.2, 0.25) is 0 Å². The highest BCUT2D eigenvalue weighted by atomic mass is 19.1. The summed E-state index contributed by atoms with van der Waals surface area (Å²) in [5, 5.41) is 2.76. The first kappa shape index (κ1) is 16.0. The number of primary amides is 1. The van der Waals surface area contributed by atoms with Crippen molar-refractivity contribution < 1.29 is 14.0 Å². The van der Waals surface area contributed by atoms with Crippen molar-refractivity contribution in [2.45, 2.75) is 12.3 Å². The lowest BCUT2D eigenvalue weighted by Crippen LogP contribution is -2.32. The van der Waals surface area contributed by atoms with Gasteiger partial charge in [0.05, 0.1) is 11.5 Å². The Morgan fingerprint density at radius 3 is 2.75 bits per heavy atom. The zero-order chi connectivity index (χ0) is 17.3. The van der Waals surface area contributed by atoms with E-state index in [4.69, 9.17) is 5.73 Å². The Hall–Kier alpha value is -2.89. The Morgan fingerprint density at radius 1 is 1.25 bits per heavy atom. The summed E-state index contributed by atoms with van der Waals surface area (Å²) in [6, 6.07) is 11.6. The quantitative estimate of drug-likeness (QED) is 0.909. The van der Waals surface area contributed by atoms with E-state index in [0.717, 1.165) is 23.9 Å². The number of benzene rings is 2. The van der Waals surface area contributed by atoms with E-state index < -0.39 is 11.7 Å². The largest absolute Gasteiger partial charge is 0.374 e. The highest BCUT2D eigenvalue weighted by Gasteiger charge is 2.28. The number of nitrogens with two attached hydrogens (primary N) is 1. The molecule has 0 aliphatic carbocycles. The molecule has 1 heterocycles. The van der Waals surface area contributed by atoms with Crippen LogP contribution in [-0.4, -0.2) is 25.4 Å². The van der Waals surface area contributed by atoms with Crippen molar-refractivity contribution in [2.24, 2.45) is 5.73 Å². The second kappa shape index (κ2) is 6.31. The third-order valence-electron chi connectivity index (χ3n) is 4.29. The maximum absolute atomic E-state index is 13.5. The predicted molar refractivity (Wildman–Crippen MR) is 90.6 cm³/mol. The first-order valence-corrected chi connectivity index (χ1v) is 7.67. The van der Waals surface area contributed by atoms with E-state index in [2.05, 4.69) is 10.2 Å². The van der Waals surface area contributed by atoms with Gasteiger partial charge in [0.1, 0.15) is 5.82 Å². The minimum atomic E-state index is -0.867. The average molecular weight is 327 g/mol. The molecule has 0 radical (unpaired) electrons. The molecule has 5 nitrogen and oxygen atoms in total. The molecule has 0 aromatic heterocycles. The number of halogens is 1. The summed E-state index contributed by atoms with van der Waals surface area (Å²) in [7, 11) is 1.99. The molecule has 1 unspecified atom stereocenters. The number of amides is 2. The first-order chi connectivity index (χ1) is 11.5. The molecule has 0 fully saturated rings. The number of anilines is 2. The van der Waals surface area contributed by atoms with E-state index in [-0.39, 0.29) is 17.4 Å². The standard InChI is InChI=1S/C18H18FN3O2/c1-22-9-8-13(12-4-2-3-5-16(12)22)18(24)21-11-6-7-15(19)14(10-11)17(20)23/h2-7,10,13H,8-9H2,1H3,(H2,20,23)(H,21,24). The molecule has 2 aromatic carbocycles. The smallest absolute Gasteiger partial charge is 0.251 e. The van der Waals surface area contributed by atoms with Gasteiger partial charge in [0.2, 0.25) is 5.91 Å². The maximum atomic E-state index is 13.5. The third kappa shape index (κ3) is 2.95. The Balaban J connectivity index is 1.85. The fourth-order valence-corrected chi connectivity index (χ4v) is 3.02. The molecule has 124 valence electrons. The molecule has 0 bridgehead atoms. The molecule has 1 aliphatic heterocycles. The van der Waals surface area contributed by atoms with Crippen LogP contribution in [0.1, 0.15) is 28.3 Å². The van der Waals surface area contributed by atoms with Crippen LogP contribution in [0, 0.1) is 5.82 Å². The van der Waals surface area contributed by atoms with Gasteiger partial charge >= 0.3 is 0 Å². The van der Waals surface area contributed by atoms with Gasteiger partial charge in [-0.1, -0.05) is 18.2 Å². The van der Waals surface area contributed by atoms with Gasteiger partial charge in [0.15, 0.2) is 0 Å². The van der Waals surface area contributed by atoms with Crippen LogP contribution in [0.3, 0.4) is 0 Å². The summed E-state index contributed by atoms with van der Waals surface area (Å²) in [4.78, 5) is 26.0. The third-order valence-corrected chi connectivity index (χ3v) is 4.29. The van der Waals surface area contributed by atoms with Crippen LogP contribution >= 0.6 is 0 Å². The summed E-state index contributed by atoms with van der Waals surface area (Å²) in [5.41, 5.74) is 7.24. The van der Waals surface area contributed by atoms with Crippen LogP contribution in [-0.2, 0) is 4.79 Å². The molecule has 3 rings (SSSR count). The van der Waals surface area contributed by atoms with Gasteiger partial charge in [-0.15, -0.1) is 0 Å². The second-order valence-corrected chi connectivity index (χ2v) is 5.87. The lowest BCUT2D eigenvalue weighted by molar-refractivity contribution is -0.117. The van der Waals surface area contributed by atoms with Crippen molar-refractivity contribution in [3.05, 3.63) is 59.4 Å². The van der Waals surface area contributed by atoms with E-state index in [1.54, 1.807) is 0 Å². The number of para-hydroxylation sites is 1. The van der Waals surface area contributed by atoms with E-state index in [1.165, 1.54) is 12.1 Å². The van der Waals surface area contributed by atoms with Gasteiger partial charge in [0, 0.05) is 25.0 Å². The Labute approximate surface area is 139 Å². The average Bonchev–Trinajstić information content (AvgIpc) is 2.57. The van der Waals surface area contributed by atoms with Gasteiger partial charge < -0.3 is 16.0 Å². The molecular weight excluding hydrogens is 309 g/mol. The van der Waals surface area contributed by atoms with Crippen molar-refractivity contribution >= 4 is 23.2 Å². The number of nitrogens with one attached hydrogen (secondary N) is 1. The summed E-state index contributed by atoms with van der Waals surface area (Å²) >= 11 is 0. The molecule has 6 heteroatoms. The summed E-state index contributed by atoms with van der Waals surface area (Å²) in [6.45, 7) is 0.769. The normalized spacial score (nSPS) is 16.4. The van der Waals surface area contributed by atoms with Gasteiger partial charge in [-0.3, -0.25) is 9.59 Å². The topological polar surface area (TPSA) is 75.4 Å². The minimum absolute atomic E-state index is 0.183. The van der Waals surface area contributed by atoms with Crippen molar-refractivity contribution in [3.63, 3.8) is 0 Å². The van der Waals surface area contributed by atoms with Crippen LogP contribution in [0.25, 0.3) is 0 Å². The van der Waals surface area contributed by atoms with E-state index >= 15 is 0 Å². The first-order valence-electron chi connectivity index (χ1n) is 7.67. The molecule has 1 atom stereocenters. The monoisotopic (exact) mass is 327 g/mol. The number of hydrogen-bond donors (Lipinski definition) is 2. The lowest BCUT2D eigenvalue weighted by Gasteiger charge is -2.32. The summed E-state index contributed by atoms with van der Waals surface area (Å²) < 4.78 is 13.5. The van der Waals surface area contributed by atoms with Crippen molar-refractivity contribution in [2.75, 3.05) is 23.8 Å². The number of carbonyl (C=O) groups is 2. The molecule has 0 saturated heterocycles. The van der Waals surface area contributed by atoms with Gasteiger partial charge in [-0.05, 0) is 36.2 Å². The van der Waals surface area contributed by atoms with Gasteiger partial charge in [0.25, 0.3) is 5.91 Å². The highest BCUT2D eigenvalue weighted by Crippen LogP contribution is 2.35. The zero-order valence-electron chi connectivity index (χ0n) is 13.3. The molecule has 0 saturated carbocycles. The molecule has 1 aliphatic rings. The molecule has 2 amide bonds. The van der Waals surface area contributed by atoms with Crippen LogP contribution in [0.15, 0.2) is 42.5 Å². The van der Waals surface area contributed by atoms with Crippen molar-refractivity contribution in [3.8, 4) is 0 Å². The van der Waals surface area contributed by atoms with Gasteiger partial charge in [-0.2, -0.15) is 0 Å². The van der Waals surface area contributed by atoms with Crippen molar-refractivity contribution in [1.82, 2.24) is 0 Å². The fourth-order valence-electron chi connectivity index (χ4n) is 3.02. The summed E-state index contributed by atoms with van der Waals surface area (Å²) in [5.74, 6) is -2.05. The van der Waals surface area contributed by atoms with Crippen LogP contribution < -0.4 is 16.0 Å². The molecule has 24 heavy (non-hydrogen) atoms. The van der Waals surface area contributed by atoms with Gasteiger partial charge in [-0.25, -0.2) is 4.39 Å². The number of carbonyl (C=O) groups excluding carboxylic acids is 2. The van der Waals surface area contributed by atoms with E-state index in [9.17, 15) is 14.0 Å². The predicted octanol–water partition coefficient (Wildman–Crippen LogP) is 2.49. The lowest BCUT2D eigenvalue weighted by atomic mass is 9.89. The minimum Gasteiger partial charge on any atom is -0.374 e. The highest BCUT2D eigenvalue weighted by molar-refractivity contribution is 5.99. The Morgan fingerprint density at radius 2 is 2.00 bits per heavy atom.